The molecular weight excluding hydrogens is 484 g/mol. The number of carbonyl (C=O) groups is 2. The van der Waals surface area contributed by atoms with E-state index >= 15 is 0 Å². The van der Waals surface area contributed by atoms with E-state index in [9.17, 15) is 9.59 Å². The molecule has 3 fully saturated rings. The summed E-state index contributed by atoms with van der Waals surface area (Å²) in [6, 6.07) is 7.59. The third-order valence-electron chi connectivity index (χ3n) is 7.91. The maximum Gasteiger partial charge on any atom is 0.252 e. The molecule has 2 aliphatic carbocycles. The summed E-state index contributed by atoms with van der Waals surface area (Å²) in [7, 11) is 1.61. The van der Waals surface area contributed by atoms with E-state index in [1.54, 1.807) is 13.2 Å². The van der Waals surface area contributed by atoms with Crippen LogP contribution in [0, 0.1) is 5.92 Å². The Bertz CT molecular complexity index is 1370. The first kappa shape index (κ1) is 24.4. The van der Waals surface area contributed by atoms with Gasteiger partial charge in [0.15, 0.2) is 0 Å². The molecule has 2 saturated carbocycles. The molecule has 38 heavy (non-hydrogen) atoms. The molecule has 198 valence electrons. The average molecular weight is 517 g/mol. The zero-order valence-electron chi connectivity index (χ0n) is 21.4. The number of nitrogens with zero attached hydrogens (tertiary/aromatic N) is 3. The van der Waals surface area contributed by atoms with Gasteiger partial charge in [-0.15, -0.1) is 0 Å². The number of anilines is 3. The van der Waals surface area contributed by atoms with E-state index in [1.165, 1.54) is 6.20 Å². The van der Waals surface area contributed by atoms with Gasteiger partial charge in [-0.25, -0.2) is 4.98 Å². The highest BCUT2D eigenvalue weighted by molar-refractivity contribution is 6.01. The van der Waals surface area contributed by atoms with Gasteiger partial charge in [0, 0.05) is 42.1 Å². The van der Waals surface area contributed by atoms with E-state index in [0.29, 0.717) is 22.9 Å². The summed E-state index contributed by atoms with van der Waals surface area (Å²) >= 11 is 0. The van der Waals surface area contributed by atoms with Crippen LogP contribution in [-0.2, 0) is 9.53 Å². The van der Waals surface area contributed by atoms with Crippen LogP contribution in [0.5, 0.6) is 5.75 Å². The normalized spacial score (nSPS) is 22.5. The van der Waals surface area contributed by atoms with E-state index in [2.05, 4.69) is 26.5 Å². The van der Waals surface area contributed by atoms with Crippen molar-refractivity contribution in [3.8, 4) is 16.9 Å². The van der Waals surface area contributed by atoms with Gasteiger partial charge in [-0.2, -0.15) is 5.10 Å². The number of primary amides is 1. The van der Waals surface area contributed by atoms with Crippen molar-refractivity contribution < 1.29 is 19.1 Å². The number of rotatable bonds is 8. The molecule has 10 heteroatoms. The zero-order chi connectivity index (χ0) is 26.3. The molecule has 2 amide bonds. The first-order chi connectivity index (χ1) is 18.5. The van der Waals surface area contributed by atoms with Gasteiger partial charge >= 0.3 is 0 Å². The van der Waals surface area contributed by atoms with Crippen LogP contribution < -0.4 is 21.1 Å². The van der Waals surface area contributed by atoms with Crippen molar-refractivity contribution in [2.75, 3.05) is 24.4 Å². The number of nitrogens with two attached hydrogens (primary N) is 1. The highest BCUT2D eigenvalue weighted by Gasteiger charge is 2.47. The van der Waals surface area contributed by atoms with E-state index in [1.807, 2.05) is 24.4 Å². The Morgan fingerprint density at radius 3 is 2.74 bits per heavy atom. The predicted molar refractivity (Wildman–Crippen MR) is 142 cm³/mol. The van der Waals surface area contributed by atoms with E-state index in [4.69, 9.17) is 20.3 Å². The smallest absolute Gasteiger partial charge is 0.252 e. The molecule has 1 aromatic carbocycles. The lowest BCUT2D eigenvalue weighted by molar-refractivity contribution is -0.117. The fourth-order valence-electron chi connectivity index (χ4n) is 5.85. The van der Waals surface area contributed by atoms with Crippen molar-refractivity contribution in [1.82, 2.24) is 14.8 Å². The SMILES string of the molecule is COc1c(Nc2cc(NC(=O)C3CC3)ncc2C(N)=O)cccc1-c1cnn(C2CCCC23CCCO3)c1. The van der Waals surface area contributed by atoms with Gasteiger partial charge in [0.25, 0.3) is 5.91 Å². The lowest BCUT2D eigenvalue weighted by Gasteiger charge is -2.30. The van der Waals surface area contributed by atoms with Gasteiger partial charge in [-0.1, -0.05) is 12.1 Å². The molecule has 3 aliphatic rings. The second-order valence-electron chi connectivity index (χ2n) is 10.4. The van der Waals surface area contributed by atoms with E-state index in [0.717, 1.165) is 62.7 Å². The fourth-order valence-corrected chi connectivity index (χ4v) is 5.85. The number of aromatic nitrogens is 3. The van der Waals surface area contributed by atoms with Crippen LogP contribution in [0.2, 0.25) is 0 Å². The number of amides is 2. The van der Waals surface area contributed by atoms with Gasteiger partial charge in [0.2, 0.25) is 5.91 Å². The largest absolute Gasteiger partial charge is 0.494 e. The summed E-state index contributed by atoms with van der Waals surface area (Å²) in [4.78, 5) is 28.6. The molecular formula is C28H32N6O4. The first-order valence-corrected chi connectivity index (χ1v) is 13.2. The summed E-state index contributed by atoms with van der Waals surface area (Å²) in [5.74, 6) is 0.280. The third kappa shape index (κ3) is 4.49. The van der Waals surface area contributed by atoms with Crippen LogP contribution in [-0.4, -0.2) is 45.9 Å². The number of para-hydroxylation sites is 1. The monoisotopic (exact) mass is 516 g/mol. The number of ether oxygens (including phenoxy) is 2. The second kappa shape index (κ2) is 9.75. The lowest BCUT2D eigenvalue weighted by Crippen LogP contribution is -2.34. The molecule has 0 radical (unpaired) electrons. The third-order valence-corrected chi connectivity index (χ3v) is 7.91. The number of benzene rings is 1. The summed E-state index contributed by atoms with van der Waals surface area (Å²) in [6.07, 6.45) is 12.5. The topological polar surface area (TPSA) is 133 Å². The van der Waals surface area contributed by atoms with Gasteiger partial charge in [-0.05, 0) is 51.0 Å². The Hall–Kier alpha value is -3.92. The molecule has 1 aliphatic heterocycles. The van der Waals surface area contributed by atoms with Crippen molar-refractivity contribution in [3.05, 3.63) is 48.4 Å². The van der Waals surface area contributed by atoms with Crippen molar-refractivity contribution >= 4 is 29.0 Å². The quantitative estimate of drug-likeness (QED) is 0.404. The minimum absolute atomic E-state index is 0.0288. The first-order valence-electron chi connectivity index (χ1n) is 13.2. The average Bonchev–Trinajstić information content (AvgIpc) is 3.28. The van der Waals surface area contributed by atoms with Crippen LogP contribution >= 0.6 is 0 Å². The Kier molecular flexibility index (Phi) is 6.27. The van der Waals surface area contributed by atoms with Gasteiger partial charge < -0.3 is 25.8 Å². The van der Waals surface area contributed by atoms with Gasteiger partial charge in [0.1, 0.15) is 11.6 Å². The minimum Gasteiger partial charge on any atom is -0.494 e. The molecule has 10 nitrogen and oxygen atoms in total. The molecule has 2 atom stereocenters. The van der Waals surface area contributed by atoms with Crippen molar-refractivity contribution in [2.45, 2.75) is 56.6 Å². The predicted octanol–water partition coefficient (Wildman–Crippen LogP) is 4.42. The van der Waals surface area contributed by atoms with Crippen molar-refractivity contribution in [2.24, 2.45) is 11.7 Å². The van der Waals surface area contributed by atoms with Crippen molar-refractivity contribution in [1.29, 1.82) is 0 Å². The highest BCUT2D eigenvalue weighted by Crippen LogP contribution is 2.48. The summed E-state index contributed by atoms with van der Waals surface area (Å²) in [6.45, 7) is 0.820. The molecule has 4 N–H and O–H groups in total. The molecule has 2 unspecified atom stereocenters. The Morgan fingerprint density at radius 1 is 1.16 bits per heavy atom. The molecule has 0 bridgehead atoms. The number of pyridine rings is 1. The van der Waals surface area contributed by atoms with Crippen LogP contribution in [0.25, 0.3) is 11.1 Å². The van der Waals surface area contributed by atoms with Crippen LogP contribution in [0.4, 0.5) is 17.2 Å². The van der Waals surface area contributed by atoms with E-state index in [-0.39, 0.29) is 29.0 Å². The summed E-state index contributed by atoms with van der Waals surface area (Å²) in [5.41, 5.74) is 8.58. The van der Waals surface area contributed by atoms with Crippen LogP contribution in [0.1, 0.15) is 61.3 Å². The lowest BCUT2D eigenvalue weighted by atomic mass is 9.94. The highest BCUT2D eigenvalue weighted by atomic mass is 16.5. The standard InChI is InChI=1S/C28H32N6O4/c1-37-25-19(18-14-31-34(16-18)23-7-3-10-28(23)11-4-12-38-28)5-2-6-21(25)32-22-13-24(30-15-20(22)26(29)35)33-27(36)17-8-9-17/h2,5-6,13-17,23H,3-4,7-12H2,1H3,(H2,29,35)(H2,30,32,33,36). The molecule has 2 aromatic heterocycles. The molecule has 3 heterocycles. The molecule has 3 aromatic rings. The Labute approximate surface area is 220 Å². The number of nitrogens with one attached hydrogen (secondary N) is 2. The molecule has 1 saturated heterocycles. The molecule has 6 rings (SSSR count). The second-order valence-corrected chi connectivity index (χ2v) is 10.4. The van der Waals surface area contributed by atoms with E-state index < -0.39 is 5.91 Å². The van der Waals surface area contributed by atoms with Crippen molar-refractivity contribution in [3.63, 3.8) is 0 Å². The van der Waals surface area contributed by atoms with Gasteiger partial charge in [0.05, 0.1) is 41.9 Å². The summed E-state index contributed by atoms with van der Waals surface area (Å²) in [5, 5.41) is 10.8. The number of carbonyl (C=O) groups excluding carboxylic acids is 2. The van der Waals surface area contributed by atoms with Gasteiger partial charge in [-0.3, -0.25) is 14.3 Å². The van der Waals surface area contributed by atoms with Crippen LogP contribution in [0.3, 0.4) is 0 Å². The number of hydrogen-bond donors (Lipinski definition) is 3. The maximum absolute atomic E-state index is 12.2. The zero-order valence-corrected chi connectivity index (χ0v) is 21.4. The Balaban J connectivity index is 1.30. The van der Waals surface area contributed by atoms with Crippen LogP contribution in [0.15, 0.2) is 42.9 Å². The number of methoxy groups -OCH3 is 1. The fraction of sp³-hybridized carbons (Fsp3) is 0.429. The molecule has 1 spiro atoms. The summed E-state index contributed by atoms with van der Waals surface area (Å²) < 4.78 is 14.1. The maximum atomic E-state index is 12.2. The minimum atomic E-state index is -0.629. The number of hydrogen-bond acceptors (Lipinski definition) is 7. The Morgan fingerprint density at radius 2 is 2.00 bits per heavy atom.